The standard InChI is InChI=1S/C18H19N3O5/c1-13-7-8-15(17(19-13)21(23)24)26-16(14-5-3-2-4-6-14)18(22)20-9-11-25-12-10-20/h2-8,16H,9-12H2,1H3/t16-/m0/s1. The van der Waals surface area contributed by atoms with Crippen molar-refractivity contribution in [1.82, 2.24) is 9.88 Å². The zero-order valence-corrected chi connectivity index (χ0v) is 14.3. The Balaban J connectivity index is 1.94. The predicted octanol–water partition coefficient (Wildman–Crippen LogP) is 2.28. The van der Waals surface area contributed by atoms with Gasteiger partial charge < -0.3 is 24.5 Å². The maximum absolute atomic E-state index is 13.0. The van der Waals surface area contributed by atoms with Crippen LogP contribution in [0.4, 0.5) is 5.82 Å². The molecule has 1 aromatic heterocycles. The number of carbonyl (C=O) groups excluding carboxylic acids is 1. The highest BCUT2D eigenvalue weighted by Crippen LogP contribution is 2.30. The molecule has 8 heteroatoms. The van der Waals surface area contributed by atoms with Crippen molar-refractivity contribution in [2.75, 3.05) is 26.3 Å². The fourth-order valence-electron chi connectivity index (χ4n) is 2.72. The summed E-state index contributed by atoms with van der Waals surface area (Å²) in [5.41, 5.74) is 1.12. The Kier molecular flexibility index (Phi) is 5.43. The van der Waals surface area contributed by atoms with Crippen molar-refractivity contribution in [3.8, 4) is 5.75 Å². The zero-order valence-electron chi connectivity index (χ0n) is 14.3. The minimum Gasteiger partial charge on any atom is -0.467 e. The van der Waals surface area contributed by atoms with Crippen LogP contribution in [0.2, 0.25) is 0 Å². The Morgan fingerprint density at radius 1 is 1.23 bits per heavy atom. The van der Waals surface area contributed by atoms with Crippen LogP contribution < -0.4 is 4.74 Å². The molecule has 0 aliphatic carbocycles. The van der Waals surface area contributed by atoms with Crippen molar-refractivity contribution in [1.29, 1.82) is 0 Å². The van der Waals surface area contributed by atoms with Gasteiger partial charge >= 0.3 is 5.82 Å². The fourth-order valence-corrected chi connectivity index (χ4v) is 2.72. The van der Waals surface area contributed by atoms with Crippen LogP contribution in [0.3, 0.4) is 0 Å². The number of hydrogen-bond acceptors (Lipinski definition) is 6. The number of pyridine rings is 1. The van der Waals surface area contributed by atoms with Crippen molar-refractivity contribution < 1.29 is 19.2 Å². The van der Waals surface area contributed by atoms with E-state index in [4.69, 9.17) is 9.47 Å². The van der Waals surface area contributed by atoms with Gasteiger partial charge in [-0.3, -0.25) is 4.79 Å². The first-order valence-corrected chi connectivity index (χ1v) is 8.26. The molecule has 1 fully saturated rings. The molecule has 1 saturated heterocycles. The molecule has 1 aromatic carbocycles. The van der Waals surface area contributed by atoms with Crippen LogP contribution in [-0.2, 0) is 9.53 Å². The maximum Gasteiger partial charge on any atom is 0.406 e. The van der Waals surface area contributed by atoms with E-state index in [0.29, 0.717) is 37.6 Å². The minimum absolute atomic E-state index is 0.0314. The summed E-state index contributed by atoms with van der Waals surface area (Å²) in [6, 6.07) is 12.0. The molecule has 1 atom stereocenters. The van der Waals surface area contributed by atoms with Gasteiger partial charge in [0.05, 0.1) is 13.2 Å². The molecule has 0 radical (unpaired) electrons. The molecule has 0 unspecified atom stereocenters. The second kappa shape index (κ2) is 7.92. The van der Waals surface area contributed by atoms with Gasteiger partial charge in [-0.05, 0) is 22.0 Å². The molecule has 0 saturated carbocycles. The van der Waals surface area contributed by atoms with E-state index < -0.39 is 16.8 Å². The van der Waals surface area contributed by atoms with Gasteiger partial charge in [0.1, 0.15) is 5.69 Å². The monoisotopic (exact) mass is 357 g/mol. The number of amides is 1. The van der Waals surface area contributed by atoms with Crippen LogP contribution in [-0.4, -0.2) is 47.0 Å². The average Bonchev–Trinajstić information content (AvgIpc) is 2.67. The Morgan fingerprint density at radius 2 is 1.92 bits per heavy atom. The topological polar surface area (TPSA) is 94.8 Å². The largest absolute Gasteiger partial charge is 0.467 e. The summed E-state index contributed by atoms with van der Waals surface area (Å²) in [5, 5.41) is 11.3. The average molecular weight is 357 g/mol. The normalized spacial score (nSPS) is 15.3. The van der Waals surface area contributed by atoms with Crippen LogP contribution in [0.25, 0.3) is 0 Å². The van der Waals surface area contributed by atoms with E-state index in [2.05, 4.69) is 4.98 Å². The molecule has 26 heavy (non-hydrogen) atoms. The number of ether oxygens (including phenoxy) is 2. The first kappa shape index (κ1) is 17.8. The third kappa shape index (κ3) is 3.97. The lowest BCUT2D eigenvalue weighted by atomic mass is 10.1. The van der Waals surface area contributed by atoms with Gasteiger partial charge in [0.15, 0.2) is 0 Å². The molecular formula is C18H19N3O5. The molecule has 2 heterocycles. The lowest BCUT2D eigenvalue weighted by Gasteiger charge is -2.30. The fraction of sp³-hybridized carbons (Fsp3) is 0.333. The molecule has 0 N–H and O–H groups in total. The highest BCUT2D eigenvalue weighted by atomic mass is 16.6. The summed E-state index contributed by atoms with van der Waals surface area (Å²) in [5.74, 6) is -0.689. The summed E-state index contributed by atoms with van der Waals surface area (Å²) in [6.07, 6.45) is -0.988. The Hall–Kier alpha value is -3.00. The third-order valence-electron chi connectivity index (χ3n) is 4.05. The van der Waals surface area contributed by atoms with Crippen LogP contribution in [0.5, 0.6) is 5.75 Å². The maximum atomic E-state index is 13.0. The van der Waals surface area contributed by atoms with E-state index in [-0.39, 0.29) is 11.7 Å². The summed E-state index contributed by atoms with van der Waals surface area (Å²) in [6.45, 7) is 3.49. The van der Waals surface area contributed by atoms with Crippen LogP contribution in [0.15, 0.2) is 42.5 Å². The summed E-state index contributed by atoms with van der Waals surface area (Å²) >= 11 is 0. The van der Waals surface area contributed by atoms with Gasteiger partial charge in [0, 0.05) is 25.6 Å². The van der Waals surface area contributed by atoms with E-state index in [1.54, 1.807) is 42.2 Å². The van der Waals surface area contributed by atoms with Crippen molar-refractivity contribution >= 4 is 11.7 Å². The van der Waals surface area contributed by atoms with Gasteiger partial charge in [-0.25, -0.2) is 0 Å². The van der Waals surface area contributed by atoms with Crippen LogP contribution >= 0.6 is 0 Å². The van der Waals surface area contributed by atoms with E-state index in [0.717, 1.165) is 0 Å². The van der Waals surface area contributed by atoms with E-state index >= 15 is 0 Å². The molecule has 136 valence electrons. The SMILES string of the molecule is Cc1ccc(O[C@H](C(=O)N2CCOCC2)c2ccccc2)c([N+](=O)[O-])n1. The van der Waals surface area contributed by atoms with Gasteiger partial charge in [-0.1, -0.05) is 30.3 Å². The summed E-state index contributed by atoms with van der Waals surface area (Å²) in [7, 11) is 0. The van der Waals surface area contributed by atoms with E-state index in [1.807, 2.05) is 6.07 Å². The molecular weight excluding hydrogens is 338 g/mol. The molecule has 8 nitrogen and oxygen atoms in total. The molecule has 0 spiro atoms. The van der Waals surface area contributed by atoms with E-state index in [9.17, 15) is 14.9 Å². The first-order valence-electron chi connectivity index (χ1n) is 8.26. The van der Waals surface area contributed by atoms with Crippen molar-refractivity contribution in [3.63, 3.8) is 0 Å². The van der Waals surface area contributed by atoms with Crippen LogP contribution in [0, 0.1) is 17.0 Å². The van der Waals surface area contributed by atoms with Crippen molar-refractivity contribution in [3.05, 3.63) is 63.8 Å². The highest BCUT2D eigenvalue weighted by molar-refractivity contribution is 5.83. The Morgan fingerprint density at radius 3 is 2.58 bits per heavy atom. The smallest absolute Gasteiger partial charge is 0.406 e. The number of nitro groups is 1. The number of aryl methyl sites for hydroxylation is 1. The number of benzene rings is 1. The quantitative estimate of drug-likeness (QED) is 0.602. The number of morpholine rings is 1. The highest BCUT2D eigenvalue weighted by Gasteiger charge is 2.31. The summed E-state index contributed by atoms with van der Waals surface area (Å²) < 4.78 is 11.1. The van der Waals surface area contributed by atoms with Gasteiger partial charge in [0.2, 0.25) is 11.9 Å². The zero-order chi connectivity index (χ0) is 18.5. The number of aromatic nitrogens is 1. The van der Waals surface area contributed by atoms with Crippen LogP contribution in [0.1, 0.15) is 17.4 Å². The molecule has 2 aromatic rings. The molecule has 3 rings (SSSR count). The number of rotatable bonds is 5. The summed E-state index contributed by atoms with van der Waals surface area (Å²) in [4.78, 5) is 29.3. The lowest BCUT2D eigenvalue weighted by molar-refractivity contribution is -0.390. The number of nitrogens with zero attached hydrogens (tertiary/aromatic N) is 3. The lowest BCUT2D eigenvalue weighted by Crippen LogP contribution is -2.44. The first-order chi connectivity index (χ1) is 12.6. The molecule has 1 aliphatic rings. The Bertz CT molecular complexity index is 791. The van der Waals surface area contributed by atoms with E-state index in [1.165, 1.54) is 6.07 Å². The number of hydrogen-bond donors (Lipinski definition) is 0. The van der Waals surface area contributed by atoms with Crippen molar-refractivity contribution in [2.24, 2.45) is 0 Å². The number of carbonyl (C=O) groups is 1. The van der Waals surface area contributed by atoms with Crippen molar-refractivity contribution in [2.45, 2.75) is 13.0 Å². The second-order valence-electron chi connectivity index (χ2n) is 5.88. The predicted molar refractivity (Wildman–Crippen MR) is 92.8 cm³/mol. The molecule has 1 aliphatic heterocycles. The van der Waals surface area contributed by atoms with Gasteiger partial charge in [0.25, 0.3) is 5.91 Å². The second-order valence-corrected chi connectivity index (χ2v) is 5.88. The Labute approximate surface area is 150 Å². The third-order valence-corrected chi connectivity index (χ3v) is 4.05. The van der Waals surface area contributed by atoms with Gasteiger partial charge in [-0.15, -0.1) is 0 Å². The molecule has 1 amide bonds. The minimum atomic E-state index is -0.988. The van der Waals surface area contributed by atoms with Gasteiger partial charge in [-0.2, -0.15) is 0 Å². The molecule has 0 bridgehead atoms.